The van der Waals surface area contributed by atoms with Gasteiger partial charge in [0.15, 0.2) is 0 Å². The molecule has 1 aromatic heterocycles. The first-order valence-corrected chi connectivity index (χ1v) is 7.34. The van der Waals surface area contributed by atoms with Crippen LogP contribution >= 0.6 is 0 Å². The molecule has 0 radical (unpaired) electrons. The summed E-state index contributed by atoms with van der Waals surface area (Å²) in [6, 6.07) is 2.39. The molecule has 0 bridgehead atoms. The number of hydrogen-bond acceptors (Lipinski definition) is 5. The molecule has 0 saturated carbocycles. The Labute approximate surface area is 116 Å². The van der Waals surface area contributed by atoms with Crippen molar-refractivity contribution in [2.45, 2.75) is 58.9 Å². The summed E-state index contributed by atoms with van der Waals surface area (Å²) in [5.41, 5.74) is 5.74. The minimum atomic E-state index is 0.312. The van der Waals surface area contributed by atoms with Crippen molar-refractivity contribution in [1.82, 2.24) is 9.97 Å². The Balaban J connectivity index is 2.71. The fourth-order valence-corrected chi connectivity index (χ4v) is 2.11. The molecule has 0 amide bonds. The van der Waals surface area contributed by atoms with Crippen molar-refractivity contribution in [2.75, 3.05) is 22.9 Å². The highest BCUT2D eigenvalue weighted by atomic mass is 15.1. The lowest BCUT2D eigenvalue weighted by Crippen LogP contribution is -2.20. The first kappa shape index (κ1) is 15.5. The Hall–Kier alpha value is -1.52. The summed E-state index contributed by atoms with van der Waals surface area (Å²) >= 11 is 0. The number of anilines is 3. The highest BCUT2D eigenvalue weighted by molar-refractivity contribution is 5.51. The quantitative estimate of drug-likeness (QED) is 0.639. The second kappa shape index (κ2) is 8.56. The number of aromatic nitrogens is 2. The molecule has 0 aliphatic carbocycles. The molecule has 19 heavy (non-hydrogen) atoms. The van der Waals surface area contributed by atoms with Crippen LogP contribution in [0.4, 0.5) is 17.6 Å². The number of nitrogens with two attached hydrogens (primary N) is 1. The van der Waals surface area contributed by atoms with Crippen LogP contribution in [-0.2, 0) is 0 Å². The zero-order valence-corrected chi connectivity index (χ0v) is 12.4. The van der Waals surface area contributed by atoms with Gasteiger partial charge in [0.1, 0.15) is 11.6 Å². The van der Waals surface area contributed by atoms with Crippen LogP contribution in [0, 0.1) is 0 Å². The lowest BCUT2D eigenvalue weighted by atomic mass is 10.1. The van der Waals surface area contributed by atoms with Gasteiger partial charge in [-0.2, -0.15) is 9.97 Å². The summed E-state index contributed by atoms with van der Waals surface area (Å²) in [6.07, 6.45) is 5.95. The van der Waals surface area contributed by atoms with Crippen molar-refractivity contribution < 1.29 is 0 Å². The summed E-state index contributed by atoms with van der Waals surface area (Å²) in [6.45, 7) is 7.28. The Bertz CT molecular complexity index is 367. The number of hydrogen-bond donors (Lipinski definition) is 3. The van der Waals surface area contributed by atoms with Crippen molar-refractivity contribution in [3.05, 3.63) is 6.07 Å². The zero-order valence-electron chi connectivity index (χ0n) is 12.4. The molecule has 0 aliphatic heterocycles. The van der Waals surface area contributed by atoms with Crippen molar-refractivity contribution in [1.29, 1.82) is 0 Å². The molecule has 1 rings (SSSR count). The van der Waals surface area contributed by atoms with Gasteiger partial charge in [0, 0.05) is 18.7 Å². The number of nitrogens with one attached hydrogen (secondary N) is 2. The lowest BCUT2D eigenvalue weighted by Gasteiger charge is -2.19. The topological polar surface area (TPSA) is 75.9 Å². The summed E-state index contributed by atoms with van der Waals surface area (Å²) in [5.74, 6) is 1.91. The van der Waals surface area contributed by atoms with E-state index >= 15 is 0 Å². The van der Waals surface area contributed by atoms with E-state index in [1.54, 1.807) is 0 Å². The van der Waals surface area contributed by atoms with E-state index in [0.29, 0.717) is 12.0 Å². The monoisotopic (exact) mass is 265 g/mol. The van der Waals surface area contributed by atoms with Crippen molar-refractivity contribution in [3.8, 4) is 0 Å². The Kier molecular flexibility index (Phi) is 7.00. The third-order valence-electron chi connectivity index (χ3n) is 3.00. The number of rotatable bonds is 9. The van der Waals surface area contributed by atoms with Gasteiger partial charge in [0.2, 0.25) is 5.95 Å². The second-order valence-electron chi connectivity index (χ2n) is 4.80. The van der Waals surface area contributed by atoms with E-state index in [-0.39, 0.29) is 0 Å². The molecule has 5 nitrogen and oxygen atoms in total. The molecule has 5 heteroatoms. The smallest absolute Gasteiger partial charge is 0.223 e. The summed E-state index contributed by atoms with van der Waals surface area (Å²) < 4.78 is 0. The fraction of sp³-hybridized carbons (Fsp3) is 0.714. The number of nitrogen functional groups attached to an aromatic ring is 1. The van der Waals surface area contributed by atoms with Crippen molar-refractivity contribution in [3.63, 3.8) is 0 Å². The molecule has 0 aliphatic rings. The third kappa shape index (κ3) is 5.77. The average Bonchev–Trinajstić information content (AvgIpc) is 2.36. The van der Waals surface area contributed by atoms with Crippen LogP contribution in [0.2, 0.25) is 0 Å². The largest absolute Gasteiger partial charge is 0.370 e. The van der Waals surface area contributed by atoms with E-state index in [4.69, 9.17) is 5.73 Å². The SMILES string of the molecule is CCCCC(CCC)Nc1cc(NCC)nc(N)n1. The zero-order chi connectivity index (χ0) is 14.1. The van der Waals surface area contributed by atoms with Gasteiger partial charge in [-0.25, -0.2) is 0 Å². The van der Waals surface area contributed by atoms with Crippen molar-refractivity contribution in [2.24, 2.45) is 0 Å². The van der Waals surface area contributed by atoms with Crippen molar-refractivity contribution >= 4 is 17.6 Å². The molecule has 1 heterocycles. The molecule has 0 spiro atoms. The second-order valence-corrected chi connectivity index (χ2v) is 4.80. The van der Waals surface area contributed by atoms with Gasteiger partial charge >= 0.3 is 0 Å². The van der Waals surface area contributed by atoms with E-state index in [9.17, 15) is 0 Å². The van der Waals surface area contributed by atoms with Crippen LogP contribution in [0.25, 0.3) is 0 Å². The molecule has 0 saturated heterocycles. The maximum absolute atomic E-state index is 5.74. The molecule has 1 atom stereocenters. The van der Waals surface area contributed by atoms with Crippen LogP contribution in [0.5, 0.6) is 0 Å². The first-order valence-electron chi connectivity index (χ1n) is 7.34. The minimum Gasteiger partial charge on any atom is -0.370 e. The molecule has 1 unspecified atom stereocenters. The maximum Gasteiger partial charge on any atom is 0.223 e. The maximum atomic E-state index is 5.74. The summed E-state index contributed by atoms with van der Waals surface area (Å²) in [4.78, 5) is 8.42. The lowest BCUT2D eigenvalue weighted by molar-refractivity contribution is 0.563. The Morgan fingerprint density at radius 3 is 2.47 bits per heavy atom. The van der Waals surface area contributed by atoms with Gasteiger partial charge in [-0.05, 0) is 19.8 Å². The number of unbranched alkanes of at least 4 members (excludes halogenated alkanes) is 1. The van der Waals surface area contributed by atoms with Gasteiger partial charge in [0.25, 0.3) is 0 Å². The van der Waals surface area contributed by atoms with E-state index < -0.39 is 0 Å². The molecular weight excluding hydrogens is 238 g/mol. The molecule has 108 valence electrons. The summed E-state index contributed by atoms with van der Waals surface area (Å²) in [5, 5.41) is 6.65. The Morgan fingerprint density at radius 1 is 1.11 bits per heavy atom. The Morgan fingerprint density at radius 2 is 1.84 bits per heavy atom. The standard InChI is InChI=1S/C14H27N5/c1-4-7-9-11(8-5-2)17-13-10-12(16-6-3)18-14(15)19-13/h10-11H,4-9H2,1-3H3,(H4,15,16,17,18,19). The van der Waals surface area contributed by atoms with E-state index in [1.165, 1.54) is 25.7 Å². The first-order chi connectivity index (χ1) is 9.19. The highest BCUT2D eigenvalue weighted by Gasteiger charge is 2.09. The van der Waals surface area contributed by atoms with Gasteiger partial charge < -0.3 is 16.4 Å². The molecule has 1 aromatic rings. The highest BCUT2D eigenvalue weighted by Crippen LogP contribution is 2.17. The van der Waals surface area contributed by atoms with Crippen LogP contribution in [0.15, 0.2) is 6.07 Å². The van der Waals surface area contributed by atoms with Gasteiger partial charge in [-0.3, -0.25) is 0 Å². The molecule has 0 aromatic carbocycles. The predicted octanol–water partition coefficient (Wildman–Crippen LogP) is 3.26. The van der Waals surface area contributed by atoms with Gasteiger partial charge in [-0.1, -0.05) is 33.1 Å². The molecule has 0 fully saturated rings. The van der Waals surface area contributed by atoms with E-state index in [2.05, 4.69) is 34.4 Å². The fourth-order valence-electron chi connectivity index (χ4n) is 2.11. The van der Waals surface area contributed by atoms with Crippen LogP contribution < -0.4 is 16.4 Å². The van der Waals surface area contributed by atoms with E-state index in [1.807, 2.05) is 13.0 Å². The van der Waals surface area contributed by atoms with Gasteiger partial charge in [-0.15, -0.1) is 0 Å². The van der Waals surface area contributed by atoms with Crippen LogP contribution in [0.1, 0.15) is 52.9 Å². The van der Waals surface area contributed by atoms with E-state index in [0.717, 1.165) is 24.6 Å². The van der Waals surface area contributed by atoms with Crippen LogP contribution in [-0.4, -0.2) is 22.6 Å². The number of nitrogens with zero attached hydrogens (tertiary/aromatic N) is 2. The van der Waals surface area contributed by atoms with Gasteiger partial charge in [0.05, 0.1) is 0 Å². The third-order valence-corrected chi connectivity index (χ3v) is 3.00. The molecular formula is C14H27N5. The van der Waals surface area contributed by atoms with Crippen LogP contribution in [0.3, 0.4) is 0 Å². The summed E-state index contributed by atoms with van der Waals surface area (Å²) in [7, 11) is 0. The normalized spacial score (nSPS) is 12.2. The minimum absolute atomic E-state index is 0.312. The molecule has 4 N–H and O–H groups in total. The predicted molar refractivity (Wildman–Crippen MR) is 82.5 cm³/mol. The average molecular weight is 265 g/mol.